The highest BCUT2D eigenvalue weighted by Gasteiger charge is 2.15. The number of hydrogen-bond donors (Lipinski definition) is 0. The van der Waals surface area contributed by atoms with E-state index in [9.17, 15) is 8.42 Å². The van der Waals surface area contributed by atoms with Crippen molar-refractivity contribution in [2.24, 2.45) is 0 Å². The highest BCUT2D eigenvalue weighted by Crippen LogP contribution is 2.25. The normalized spacial score (nSPS) is 11.7. The molecule has 0 amide bonds. The molecule has 0 aliphatic heterocycles. The molecule has 0 aromatic heterocycles. The first-order valence-corrected chi connectivity index (χ1v) is 7.65. The van der Waals surface area contributed by atoms with Gasteiger partial charge < -0.3 is 0 Å². The zero-order chi connectivity index (χ0) is 12.2. The van der Waals surface area contributed by atoms with Crippen molar-refractivity contribution in [3.63, 3.8) is 0 Å². The van der Waals surface area contributed by atoms with E-state index in [-0.39, 0.29) is 15.7 Å². The van der Waals surface area contributed by atoms with Crippen molar-refractivity contribution in [2.45, 2.75) is 17.7 Å². The minimum atomic E-state index is -3.27. The molecule has 0 spiro atoms. The van der Waals surface area contributed by atoms with E-state index in [1.165, 1.54) is 18.2 Å². The molecular weight excluding hydrogens is 291 g/mol. The van der Waals surface area contributed by atoms with Crippen LogP contribution >= 0.6 is 34.8 Å². The Morgan fingerprint density at radius 3 is 2.31 bits per heavy atom. The van der Waals surface area contributed by atoms with Gasteiger partial charge in [-0.05, 0) is 31.0 Å². The monoisotopic (exact) mass is 300 g/mol. The third-order valence-electron chi connectivity index (χ3n) is 2.05. The van der Waals surface area contributed by atoms with Crippen molar-refractivity contribution in [3.05, 3.63) is 28.2 Å². The Kier molecular flexibility index (Phi) is 5.38. The molecule has 0 heterocycles. The first kappa shape index (κ1) is 14.1. The lowest BCUT2D eigenvalue weighted by Gasteiger charge is -2.04. The second-order valence-corrected chi connectivity index (χ2v) is 6.59. The van der Waals surface area contributed by atoms with Crippen LogP contribution in [0.3, 0.4) is 0 Å². The molecule has 1 aromatic carbocycles. The Labute approximate surface area is 110 Å². The third-order valence-corrected chi connectivity index (χ3v) is 4.85. The van der Waals surface area contributed by atoms with Gasteiger partial charge >= 0.3 is 0 Å². The van der Waals surface area contributed by atoms with Crippen molar-refractivity contribution in [1.82, 2.24) is 0 Å². The van der Waals surface area contributed by atoms with Crippen LogP contribution in [0.5, 0.6) is 0 Å². The minimum Gasteiger partial charge on any atom is -0.224 e. The number of rotatable bonds is 5. The van der Waals surface area contributed by atoms with E-state index in [4.69, 9.17) is 34.8 Å². The summed E-state index contributed by atoms with van der Waals surface area (Å²) in [7, 11) is -3.27. The number of hydrogen-bond acceptors (Lipinski definition) is 2. The Balaban J connectivity index is 2.86. The van der Waals surface area contributed by atoms with Crippen LogP contribution in [0.1, 0.15) is 12.8 Å². The van der Waals surface area contributed by atoms with E-state index < -0.39 is 9.84 Å². The van der Waals surface area contributed by atoms with Crippen LogP contribution in [0, 0.1) is 0 Å². The van der Waals surface area contributed by atoms with E-state index in [0.29, 0.717) is 23.7 Å². The summed E-state index contributed by atoms with van der Waals surface area (Å²) in [4.78, 5) is 0.205. The van der Waals surface area contributed by atoms with Gasteiger partial charge in [0, 0.05) is 5.88 Å². The summed E-state index contributed by atoms with van der Waals surface area (Å²) in [5.41, 5.74) is 0. The SMILES string of the molecule is O=S(=O)(CCCCCl)c1ccc(Cl)c(Cl)c1. The fraction of sp³-hybridized carbons (Fsp3) is 0.400. The fourth-order valence-corrected chi connectivity index (χ4v) is 3.12. The molecule has 0 fully saturated rings. The molecule has 0 saturated heterocycles. The van der Waals surface area contributed by atoms with Gasteiger partial charge in [0.1, 0.15) is 0 Å². The van der Waals surface area contributed by atoms with Gasteiger partial charge in [-0.2, -0.15) is 0 Å². The van der Waals surface area contributed by atoms with E-state index >= 15 is 0 Å². The average Bonchev–Trinajstić information content (AvgIpc) is 2.22. The predicted octanol–water partition coefficient (Wildman–Crippen LogP) is 3.79. The molecule has 90 valence electrons. The topological polar surface area (TPSA) is 34.1 Å². The van der Waals surface area contributed by atoms with Crippen LogP contribution in [0.25, 0.3) is 0 Å². The summed E-state index contributed by atoms with van der Waals surface area (Å²) in [5, 5.41) is 0.599. The lowest BCUT2D eigenvalue weighted by atomic mass is 10.4. The summed E-state index contributed by atoms with van der Waals surface area (Å²) in [5.74, 6) is 0.550. The van der Waals surface area contributed by atoms with E-state index in [1.807, 2.05) is 0 Å². The minimum absolute atomic E-state index is 0.0810. The molecule has 0 radical (unpaired) electrons. The van der Waals surface area contributed by atoms with Crippen molar-refractivity contribution in [2.75, 3.05) is 11.6 Å². The molecular formula is C10H11Cl3O2S. The van der Waals surface area contributed by atoms with Crippen LogP contribution in [0.15, 0.2) is 23.1 Å². The van der Waals surface area contributed by atoms with Gasteiger partial charge in [0.2, 0.25) is 0 Å². The molecule has 0 unspecified atom stereocenters. The van der Waals surface area contributed by atoms with Crippen molar-refractivity contribution in [1.29, 1.82) is 0 Å². The lowest BCUT2D eigenvalue weighted by molar-refractivity contribution is 0.593. The number of alkyl halides is 1. The number of sulfone groups is 1. The summed E-state index contributed by atoms with van der Waals surface area (Å²) < 4.78 is 23.7. The van der Waals surface area contributed by atoms with Gasteiger partial charge in [0.05, 0.1) is 20.7 Å². The Morgan fingerprint density at radius 2 is 1.75 bits per heavy atom. The van der Waals surface area contributed by atoms with Gasteiger partial charge in [-0.25, -0.2) is 8.42 Å². The number of unbranched alkanes of at least 4 members (excludes halogenated alkanes) is 1. The van der Waals surface area contributed by atoms with Gasteiger partial charge in [-0.1, -0.05) is 23.2 Å². The van der Waals surface area contributed by atoms with E-state index in [0.717, 1.165) is 0 Å². The predicted molar refractivity (Wildman–Crippen MR) is 68.5 cm³/mol. The van der Waals surface area contributed by atoms with Crippen molar-refractivity contribution >= 4 is 44.6 Å². The van der Waals surface area contributed by atoms with Crippen LogP contribution in [-0.2, 0) is 9.84 Å². The highest BCUT2D eigenvalue weighted by molar-refractivity contribution is 7.91. The van der Waals surface area contributed by atoms with Crippen molar-refractivity contribution in [3.8, 4) is 0 Å². The average molecular weight is 302 g/mol. The third kappa shape index (κ3) is 3.81. The first-order chi connectivity index (χ1) is 7.47. The van der Waals surface area contributed by atoms with Crippen LogP contribution in [-0.4, -0.2) is 20.1 Å². The molecule has 0 N–H and O–H groups in total. The lowest BCUT2D eigenvalue weighted by Crippen LogP contribution is -2.07. The van der Waals surface area contributed by atoms with Gasteiger partial charge in [-0.3, -0.25) is 0 Å². The van der Waals surface area contributed by atoms with Crippen molar-refractivity contribution < 1.29 is 8.42 Å². The largest absolute Gasteiger partial charge is 0.224 e. The molecule has 0 aliphatic carbocycles. The van der Waals surface area contributed by atoms with Gasteiger partial charge in [0.15, 0.2) is 9.84 Å². The Hall–Kier alpha value is 0.0400. The molecule has 6 heteroatoms. The zero-order valence-electron chi connectivity index (χ0n) is 8.42. The second-order valence-electron chi connectivity index (χ2n) is 3.29. The van der Waals surface area contributed by atoms with Crippen LogP contribution < -0.4 is 0 Å². The number of benzene rings is 1. The summed E-state index contributed by atoms with van der Waals surface area (Å²) in [6.07, 6.45) is 1.23. The molecule has 0 bridgehead atoms. The zero-order valence-corrected chi connectivity index (χ0v) is 11.5. The Morgan fingerprint density at radius 1 is 1.06 bits per heavy atom. The van der Waals surface area contributed by atoms with Crippen LogP contribution in [0.4, 0.5) is 0 Å². The van der Waals surface area contributed by atoms with Gasteiger partial charge in [0.25, 0.3) is 0 Å². The molecule has 1 aromatic rings. The fourth-order valence-electron chi connectivity index (χ4n) is 1.17. The maximum atomic E-state index is 11.8. The number of halogens is 3. The maximum Gasteiger partial charge on any atom is 0.178 e. The standard InChI is InChI=1S/C10H11Cl3O2S/c11-5-1-2-6-16(14,15)8-3-4-9(12)10(13)7-8/h3-4,7H,1-2,5-6H2. The smallest absolute Gasteiger partial charge is 0.178 e. The maximum absolute atomic E-state index is 11.8. The van der Waals surface area contributed by atoms with Gasteiger partial charge in [-0.15, -0.1) is 11.6 Å². The summed E-state index contributed by atoms with van der Waals surface area (Å²) >= 11 is 17.0. The second kappa shape index (κ2) is 6.10. The highest BCUT2D eigenvalue weighted by atomic mass is 35.5. The Bertz CT molecular complexity index is 457. The quantitative estimate of drug-likeness (QED) is 0.612. The molecule has 2 nitrogen and oxygen atoms in total. The van der Waals surface area contributed by atoms with Crippen LogP contribution in [0.2, 0.25) is 10.0 Å². The first-order valence-electron chi connectivity index (χ1n) is 4.71. The molecule has 0 atom stereocenters. The molecule has 0 aliphatic rings. The molecule has 0 saturated carbocycles. The molecule has 1 rings (SSSR count). The summed E-state index contributed by atoms with van der Waals surface area (Å²) in [6.45, 7) is 0. The molecule has 16 heavy (non-hydrogen) atoms. The van der Waals surface area contributed by atoms with E-state index in [2.05, 4.69) is 0 Å². The summed E-state index contributed by atoms with van der Waals surface area (Å²) in [6, 6.07) is 4.32. The van der Waals surface area contributed by atoms with E-state index in [1.54, 1.807) is 0 Å².